The molecule has 0 unspecified atom stereocenters. The molecule has 1 saturated heterocycles. The van der Waals surface area contributed by atoms with E-state index in [1.165, 1.54) is 0 Å². The maximum absolute atomic E-state index is 12.5. The fourth-order valence-electron chi connectivity index (χ4n) is 3.48. The summed E-state index contributed by atoms with van der Waals surface area (Å²) in [6.45, 7) is 2.16. The highest BCUT2D eigenvalue weighted by atomic mass is 16.5. The van der Waals surface area contributed by atoms with Gasteiger partial charge in [0.1, 0.15) is 0 Å². The summed E-state index contributed by atoms with van der Waals surface area (Å²) in [6.07, 6.45) is 1.53. The summed E-state index contributed by atoms with van der Waals surface area (Å²) in [5, 5.41) is 16.0. The molecular formula is C22H21N5O2. The van der Waals surface area contributed by atoms with Crippen LogP contribution in [-0.2, 0) is 11.3 Å². The first-order valence-electron chi connectivity index (χ1n) is 9.62. The van der Waals surface area contributed by atoms with Crippen LogP contribution in [0.5, 0.6) is 0 Å². The van der Waals surface area contributed by atoms with E-state index in [9.17, 15) is 4.79 Å². The van der Waals surface area contributed by atoms with E-state index in [1.54, 1.807) is 24.3 Å². The number of carbonyl (C=O) groups is 1. The molecule has 4 rings (SSSR count). The Morgan fingerprint density at radius 1 is 1.17 bits per heavy atom. The molecule has 0 saturated carbocycles. The van der Waals surface area contributed by atoms with Gasteiger partial charge in [-0.3, -0.25) is 9.69 Å². The second-order valence-corrected chi connectivity index (χ2v) is 7.11. The standard InChI is InChI=1S/C22H21N5O2/c23-14-16-5-4-8-19(13-16)24-22(28)18-9-11-27(12-10-18)15-20-25-21(26-29-20)17-6-2-1-3-7-17/h1-8,13,18H,9-12,15H2,(H,24,28). The molecule has 7 nitrogen and oxygen atoms in total. The highest BCUT2D eigenvalue weighted by Crippen LogP contribution is 2.22. The normalized spacial score (nSPS) is 15.0. The first-order valence-corrected chi connectivity index (χ1v) is 9.62. The minimum absolute atomic E-state index is 0.00361. The minimum atomic E-state index is -0.0421. The monoisotopic (exact) mass is 387 g/mol. The molecule has 7 heteroatoms. The van der Waals surface area contributed by atoms with Crippen molar-refractivity contribution in [3.8, 4) is 17.5 Å². The number of benzene rings is 2. The molecule has 1 aliphatic heterocycles. The number of nitrogens with zero attached hydrogens (tertiary/aromatic N) is 4. The summed E-state index contributed by atoms with van der Waals surface area (Å²) < 4.78 is 5.39. The van der Waals surface area contributed by atoms with Crippen LogP contribution in [0, 0.1) is 17.2 Å². The van der Waals surface area contributed by atoms with Gasteiger partial charge in [-0.15, -0.1) is 0 Å². The quantitative estimate of drug-likeness (QED) is 0.720. The maximum Gasteiger partial charge on any atom is 0.241 e. The van der Waals surface area contributed by atoms with E-state index >= 15 is 0 Å². The van der Waals surface area contributed by atoms with Gasteiger partial charge in [-0.25, -0.2) is 0 Å². The molecule has 0 aliphatic carbocycles. The van der Waals surface area contributed by atoms with Crippen LogP contribution >= 0.6 is 0 Å². The van der Waals surface area contributed by atoms with Crippen molar-refractivity contribution in [1.82, 2.24) is 15.0 Å². The molecule has 1 N–H and O–H groups in total. The SMILES string of the molecule is N#Cc1cccc(NC(=O)C2CCN(Cc3nc(-c4ccccc4)no3)CC2)c1. The average molecular weight is 387 g/mol. The van der Waals surface area contributed by atoms with Crippen molar-refractivity contribution < 1.29 is 9.32 Å². The summed E-state index contributed by atoms with van der Waals surface area (Å²) in [5.41, 5.74) is 2.13. The summed E-state index contributed by atoms with van der Waals surface area (Å²) >= 11 is 0. The van der Waals surface area contributed by atoms with Crippen LogP contribution in [0.2, 0.25) is 0 Å². The Morgan fingerprint density at radius 2 is 1.97 bits per heavy atom. The summed E-state index contributed by atoms with van der Waals surface area (Å²) in [4.78, 5) is 19.2. The zero-order chi connectivity index (χ0) is 20.1. The molecule has 2 aromatic carbocycles. The van der Waals surface area contributed by atoms with Crippen LogP contribution in [0.15, 0.2) is 59.1 Å². The molecule has 1 fully saturated rings. The van der Waals surface area contributed by atoms with Gasteiger partial charge in [-0.2, -0.15) is 10.2 Å². The molecule has 2 heterocycles. The fourth-order valence-corrected chi connectivity index (χ4v) is 3.48. The number of piperidine rings is 1. The number of hydrogen-bond donors (Lipinski definition) is 1. The van der Waals surface area contributed by atoms with Gasteiger partial charge in [-0.1, -0.05) is 41.6 Å². The van der Waals surface area contributed by atoms with E-state index in [0.717, 1.165) is 31.5 Å². The molecule has 1 amide bonds. The lowest BCUT2D eigenvalue weighted by Crippen LogP contribution is -2.37. The number of nitrogens with one attached hydrogen (secondary N) is 1. The topological polar surface area (TPSA) is 95.1 Å². The molecule has 0 atom stereocenters. The first-order chi connectivity index (χ1) is 14.2. The van der Waals surface area contributed by atoms with E-state index in [-0.39, 0.29) is 11.8 Å². The molecule has 29 heavy (non-hydrogen) atoms. The molecular weight excluding hydrogens is 366 g/mol. The zero-order valence-corrected chi connectivity index (χ0v) is 15.9. The highest BCUT2D eigenvalue weighted by Gasteiger charge is 2.26. The number of aromatic nitrogens is 2. The number of nitriles is 1. The van der Waals surface area contributed by atoms with E-state index in [1.807, 2.05) is 30.3 Å². The van der Waals surface area contributed by atoms with E-state index in [4.69, 9.17) is 9.78 Å². The fraction of sp³-hybridized carbons (Fsp3) is 0.273. The number of anilines is 1. The number of carbonyl (C=O) groups excluding carboxylic acids is 1. The first kappa shape index (κ1) is 18.8. The van der Waals surface area contributed by atoms with Crippen LogP contribution < -0.4 is 5.32 Å². The summed E-state index contributed by atoms with van der Waals surface area (Å²) in [6, 6.07) is 18.8. The lowest BCUT2D eigenvalue weighted by atomic mass is 9.95. The minimum Gasteiger partial charge on any atom is -0.338 e. The Hall–Kier alpha value is -3.50. The third-order valence-electron chi connectivity index (χ3n) is 5.08. The number of rotatable bonds is 5. The van der Waals surface area contributed by atoms with Crippen molar-refractivity contribution in [2.75, 3.05) is 18.4 Å². The zero-order valence-electron chi connectivity index (χ0n) is 15.9. The molecule has 3 aromatic rings. The molecule has 1 aliphatic rings. The van der Waals surface area contributed by atoms with Crippen molar-refractivity contribution in [2.45, 2.75) is 19.4 Å². The lowest BCUT2D eigenvalue weighted by Gasteiger charge is -2.30. The number of amides is 1. The molecule has 146 valence electrons. The second-order valence-electron chi connectivity index (χ2n) is 7.11. The summed E-state index contributed by atoms with van der Waals surface area (Å²) in [7, 11) is 0. The van der Waals surface area contributed by atoms with Crippen molar-refractivity contribution in [1.29, 1.82) is 5.26 Å². The molecule has 1 aromatic heterocycles. The van der Waals surface area contributed by atoms with Crippen LogP contribution in [0.3, 0.4) is 0 Å². The molecule has 0 bridgehead atoms. The average Bonchev–Trinajstić information content (AvgIpc) is 3.23. The van der Waals surface area contributed by atoms with Gasteiger partial charge in [0, 0.05) is 17.2 Å². The van der Waals surface area contributed by atoms with E-state index in [0.29, 0.717) is 29.5 Å². The Bertz CT molecular complexity index is 1020. The van der Waals surface area contributed by atoms with Crippen molar-refractivity contribution in [3.63, 3.8) is 0 Å². The van der Waals surface area contributed by atoms with Crippen LogP contribution in [-0.4, -0.2) is 34.0 Å². The van der Waals surface area contributed by atoms with E-state index in [2.05, 4.69) is 26.4 Å². The number of likely N-dealkylation sites (tertiary alicyclic amines) is 1. The van der Waals surface area contributed by atoms with Crippen LogP contribution in [0.4, 0.5) is 5.69 Å². The van der Waals surface area contributed by atoms with Gasteiger partial charge in [-0.05, 0) is 44.1 Å². The molecule has 0 spiro atoms. The van der Waals surface area contributed by atoms with Gasteiger partial charge >= 0.3 is 0 Å². The Morgan fingerprint density at radius 3 is 2.72 bits per heavy atom. The van der Waals surface area contributed by atoms with Crippen molar-refractivity contribution in [2.24, 2.45) is 5.92 Å². The van der Waals surface area contributed by atoms with Crippen LogP contribution in [0.25, 0.3) is 11.4 Å². The van der Waals surface area contributed by atoms with Gasteiger partial charge in [0.25, 0.3) is 0 Å². The van der Waals surface area contributed by atoms with Gasteiger partial charge in [0.15, 0.2) is 0 Å². The smallest absolute Gasteiger partial charge is 0.241 e. The van der Waals surface area contributed by atoms with Gasteiger partial charge < -0.3 is 9.84 Å². The van der Waals surface area contributed by atoms with Crippen molar-refractivity contribution in [3.05, 3.63) is 66.1 Å². The third kappa shape index (κ3) is 4.68. The van der Waals surface area contributed by atoms with Crippen LogP contribution in [0.1, 0.15) is 24.3 Å². The maximum atomic E-state index is 12.5. The van der Waals surface area contributed by atoms with Gasteiger partial charge in [0.05, 0.1) is 18.2 Å². The molecule has 0 radical (unpaired) electrons. The Labute approximate surface area is 169 Å². The largest absolute Gasteiger partial charge is 0.338 e. The summed E-state index contributed by atoms with van der Waals surface area (Å²) in [5.74, 6) is 1.14. The third-order valence-corrected chi connectivity index (χ3v) is 5.08. The second kappa shape index (κ2) is 8.67. The predicted molar refractivity (Wildman–Crippen MR) is 108 cm³/mol. The Kier molecular flexibility index (Phi) is 5.63. The lowest BCUT2D eigenvalue weighted by molar-refractivity contribution is -0.121. The highest BCUT2D eigenvalue weighted by molar-refractivity contribution is 5.92. The van der Waals surface area contributed by atoms with Crippen molar-refractivity contribution >= 4 is 11.6 Å². The predicted octanol–water partition coefficient (Wildman–Crippen LogP) is 3.46. The Balaban J connectivity index is 1.29. The van der Waals surface area contributed by atoms with Gasteiger partial charge in [0.2, 0.25) is 17.6 Å². The number of hydrogen-bond acceptors (Lipinski definition) is 6. The van der Waals surface area contributed by atoms with E-state index < -0.39 is 0 Å².